The molecule has 0 radical (unpaired) electrons. The van der Waals surface area contributed by atoms with E-state index in [1.807, 2.05) is 0 Å². The highest BCUT2D eigenvalue weighted by molar-refractivity contribution is 5.98. The largest absolute Gasteiger partial charge is 0.478 e. The van der Waals surface area contributed by atoms with E-state index in [-0.39, 0.29) is 17.5 Å². The number of hydrogen-bond acceptors (Lipinski definition) is 2. The van der Waals surface area contributed by atoms with Gasteiger partial charge in [0.05, 0.1) is 11.1 Å². The number of carboxylic acid groups (broad SMARTS) is 1. The van der Waals surface area contributed by atoms with Crippen LogP contribution in [0.15, 0.2) is 18.2 Å². The Kier molecular flexibility index (Phi) is 2.96. The van der Waals surface area contributed by atoms with E-state index in [1.54, 1.807) is 6.92 Å². The minimum Gasteiger partial charge on any atom is -0.478 e. The van der Waals surface area contributed by atoms with Gasteiger partial charge in [0, 0.05) is 6.42 Å². The van der Waals surface area contributed by atoms with E-state index in [2.05, 4.69) is 0 Å². The molecule has 1 aromatic rings. The van der Waals surface area contributed by atoms with Crippen molar-refractivity contribution in [3.8, 4) is 0 Å². The van der Waals surface area contributed by atoms with Gasteiger partial charge in [-0.25, -0.2) is 9.18 Å². The summed E-state index contributed by atoms with van der Waals surface area (Å²) in [6, 6.07) is 3.18. The number of Topliss-reactive ketones (excluding diaryl/α,β-unsaturated/α-hetero) is 1. The average molecular weight is 196 g/mol. The van der Waals surface area contributed by atoms with E-state index in [1.165, 1.54) is 0 Å². The summed E-state index contributed by atoms with van der Waals surface area (Å²) in [5.41, 5.74) is -0.240. The van der Waals surface area contributed by atoms with Gasteiger partial charge in [0.25, 0.3) is 0 Å². The van der Waals surface area contributed by atoms with Gasteiger partial charge >= 0.3 is 5.97 Å². The fraction of sp³-hybridized carbons (Fsp3) is 0.200. The Balaban J connectivity index is 3.21. The normalized spacial score (nSPS) is 9.86. The lowest BCUT2D eigenvalue weighted by Crippen LogP contribution is -2.04. The molecule has 0 saturated carbocycles. The molecule has 0 spiro atoms. The van der Waals surface area contributed by atoms with Gasteiger partial charge in [-0.1, -0.05) is 6.92 Å². The van der Waals surface area contributed by atoms with Crippen LogP contribution >= 0.6 is 0 Å². The van der Waals surface area contributed by atoms with Gasteiger partial charge < -0.3 is 5.11 Å². The number of benzene rings is 1. The van der Waals surface area contributed by atoms with Crippen LogP contribution in [0.25, 0.3) is 0 Å². The first-order valence-corrected chi connectivity index (χ1v) is 4.12. The second-order valence-electron chi connectivity index (χ2n) is 2.78. The Morgan fingerprint density at radius 1 is 1.43 bits per heavy atom. The zero-order chi connectivity index (χ0) is 10.7. The van der Waals surface area contributed by atoms with Crippen molar-refractivity contribution in [2.45, 2.75) is 13.3 Å². The number of hydrogen-bond donors (Lipinski definition) is 1. The lowest BCUT2D eigenvalue weighted by Gasteiger charge is -2.01. The van der Waals surface area contributed by atoms with E-state index in [0.29, 0.717) is 0 Å². The van der Waals surface area contributed by atoms with E-state index in [9.17, 15) is 14.0 Å². The van der Waals surface area contributed by atoms with Crippen molar-refractivity contribution in [2.24, 2.45) is 0 Å². The van der Waals surface area contributed by atoms with Crippen LogP contribution in [0.5, 0.6) is 0 Å². The molecule has 0 unspecified atom stereocenters. The molecule has 0 aliphatic carbocycles. The van der Waals surface area contributed by atoms with Gasteiger partial charge in [0.2, 0.25) is 0 Å². The summed E-state index contributed by atoms with van der Waals surface area (Å²) < 4.78 is 13.1. The number of ketones is 1. The predicted molar refractivity (Wildman–Crippen MR) is 48.0 cm³/mol. The average Bonchev–Trinajstić information content (AvgIpc) is 2.17. The zero-order valence-corrected chi connectivity index (χ0v) is 7.58. The van der Waals surface area contributed by atoms with Crippen LogP contribution in [0, 0.1) is 5.82 Å². The maximum Gasteiger partial charge on any atom is 0.335 e. The molecule has 1 aromatic carbocycles. The second-order valence-corrected chi connectivity index (χ2v) is 2.78. The number of carboxylic acids is 1. The van der Waals surface area contributed by atoms with Gasteiger partial charge in [0.1, 0.15) is 5.82 Å². The summed E-state index contributed by atoms with van der Waals surface area (Å²) >= 11 is 0. The number of carbonyl (C=O) groups excluding carboxylic acids is 1. The molecule has 3 nitrogen and oxygen atoms in total. The van der Waals surface area contributed by atoms with Crippen LogP contribution < -0.4 is 0 Å². The molecular weight excluding hydrogens is 187 g/mol. The first-order chi connectivity index (χ1) is 6.56. The monoisotopic (exact) mass is 196 g/mol. The Bertz CT molecular complexity index is 385. The summed E-state index contributed by atoms with van der Waals surface area (Å²) in [6.45, 7) is 1.59. The lowest BCUT2D eigenvalue weighted by molar-refractivity contribution is 0.0697. The van der Waals surface area contributed by atoms with Crippen molar-refractivity contribution < 1.29 is 19.1 Å². The molecule has 0 saturated heterocycles. The third-order valence-electron chi connectivity index (χ3n) is 1.83. The topological polar surface area (TPSA) is 54.4 Å². The molecular formula is C10H9FO3. The minimum atomic E-state index is -1.17. The fourth-order valence-electron chi connectivity index (χ4n) is 1.06. The zero-order valence-electron chi connectivity index (χ0n) is 7.58. The Morgan fingerprint density at radius 3 is 2.57 bits per heavy atom. The number of aromatic carboxylic acids is 1. The Labute approximate surface area is 80.2 Å². The van der Waals surface area contributed by atoms with Crippen molar-refractivity contribution in [3.05, 3.63) is 35.1 Å². The summed E-state index contributed by atoms with van der Waals surface area (Å²) in [6.07, 6.45) is 0.153. The van der Waals surface area contributed by atoms with Crippen LogP contribution in [0.1, 0.15) is 34.1 Å². The van der Waals surface area contributed by atoms with Crippen LogP contribution in [-0.2, 0) is 0 Å². The smallest absolute Gasteiger partial charge is 0.335 e. The highest BCUT2D eigenvalue weighted by Gasteiger charge is 2.12. The molecule has 0 fully saturated rings. The van der Waals surface area contributed by atoms with Crippen LogP contribution in [-0.4, -0.2) is 16.9 Å². The van der Waals surface area contributed by atoms with Gasteiger partial charge in [-0.3, -0.25) is 4.79 Å². The molecule has 0 atom stereocenters. The standard InChI is InChI=1S/C10H9FO3/c1-2-9(12)7-5-6(10(13)14)3-4-8(7)11/h3-5H,2H2,1H3,(H,13,14). The summed E-state index contributed by atoms with van der Waals surface area (Å²) in [5.74, 6) is -2.25. The van der Waals surface area contributed by atoms with Gasteiger partial charge in [0.15, 0.2) is 5.78 Å². The molecule has 0 aliphatic rings. The van der Waals surface area contributed by atoms with Crippen molar-refractivity contribution in [1.82, 2.24) is 0 Å². The van der Waals surface area contributed by atoms with Crippen molar-refractivity contribution in [3.63, 3.8) is 0 Å². The Hall–Kier alpha value is -1.71. The van der Waals surface area contributed by atoms with Crippen LogP contribution in [0.4, 0.5) is 4.39 Å². The summed E-state index contributed by atoms with van der Waals surface area (Å²) in [7, 11) is 0. The van der Waals surface area contributed by atoms with Crippen molar-refractivity contribution >= 4 is 11.8 Å². The molecule has 4 heteroatoms. The quantitative estimate of drug-likeness (QED) is 0.753. The fourth-order valence-corrected chi connectivity index (χ4v) is 1.06. The van der Waals surface area contributed by atoms with Gasteiger partial charge in [-0.2, -0.15) is 0 Å². The SMILES string of the molecule is CCC(=O)c1cc(C(=O)O)ccc1F. The molecule has 14 heavy (non-hydrogen) atoms. The first kappa shape index (κ1) is 10.4. The number of halogens is 1. The molecule has 74 valence electrons. The highest BCUT2D eigenvalue weighted by Crippen LogP contribution is 2.12. The summed E-state index contributed by atoms with van der Waals surface area (Å²) in [4.78, 5) is 21.7. The van der Waals surface area contributed by atoms with Crippen molar-refractivity contribution in [2.75, 3.05) is 0 Å². The number of carbonyl (C=O) groups is 2. The van der Waals surface area contributed by atoms with Gasteiger partial charge in [-0.15, -0.1) is 0 Å². The van der Waals surface area contributed by atoms with Crippen molar-refractivity contribution in [1.29, 1.82) is 0 Å². The molecule has 0 heterocycles. The molecule has 0 amide bonds. The van der Waals surface area contributed by atoms with E-state index in [4.69, 9.17) is 5.11 Å². The Morgan fingerprint density at radius 2 is 2.07 bits per heavy atom. The molecule has 0 bridgehead atoms. The van der Waals surface area contributed by atoms with Gasteiger partial charge in [-0.05, 0) is 18.2 Å². The molecule has 0 aromatic heterocycles. The third-order valence-corrected chi connectivity index (χ3v) is 1.83. The second kappa shape index (κ2) is 4.00. The molecule has 0 aliphatic heterocycles. The summed E-state index contributed by atoms with van der Waals surface area (Å²) in [5, 5.41) is 8.62. The minimum absolute atomic E-state index is 0.0804. The van der Waals surface area contributed by atoms with Crippen LogP contribution in [0.2, 0.25) is 0 Å². The third kappa shape index (κ3) is 1.96. The van der Waals surface area contributed by atoms with E-state index < -0.39 is 17.6 Å². The van der Waals surface area contributed by atoms with E-state index in [0.717, 1.165) is 18.2 Å². The van der Waals surface area contributed by atoms with E-state index >= 15 is 0 Å². The first-order valence-electron chi connectivity index (χ1n) is 4.12. The predicted octanol–water partition coefficient (Wildman–Crippen LogP) is 2.12. The molecule has 1 rings (SSSR count). The highest BCUT2D eigenvalue weighted by atomic mass is 19.1. The van der Waals surface area contributed by atoms with Crippen LogP contribution in [0.3, 0.4) is 0 Å². The maximum atomic E-state index is 13.1. The molecule has 1 N–H and O–H groups in total. The maximum absolute atomic E-state index is 13.1. The number of rotatable bonds is 3. The lowest BCUT2D eigenvalue weighted by atomic mass is 10.1.